The highest BCUT2D eigenvalue weighted by molar-refractivity contribution is 7.15. The molecule has 22 heavy (non-hydrogen) atoms. The van der Waals surface area contributed by atoms with E-state index in [0.717, 1.165) is 23.9 Å². The monoisotopic (exact) mass is 314 g/mol. The van der Waals surface area contributed by atoms with Gasteiger partial charge < -0.3 is 15.0 Å². The molecule has 2 bridgehead atoms. The zero-order valence-electron chi connectivity index (χ0n) is 12.2. The lowest BCUT2D eigenvalue weighted by molar-refractivity contribution is 0.0928. The van der Waals surface area contributed by atoms with E-state index in [4.69, 9.17) is 4.74 Å². The normalized spacial score (nSPS) is 26.1. The average Bonchev–Trinajstić information content (AvgIpc) is 3.24. The number of thiophene rings is 1. The molecule has 2 aliphatic heterocycles. The molecule has 0 saturated carbocycles. The largest absolute Gasteiger partial charge is 0.447 e. The van der Waals surface area contributed by atoms with Crippen molar-refractivity contribution in [2.75, 3.05) is 19.6 Å². The molecule has 0 aliphatic carbocycles. The lowest BCUT2D eigenvalue weighted by atomic mass is 10.00. The Labute approximate surface area is 133 Å². The number of piperidine rings is 1. The topological polar surface area (TPSA) is 41.6 Å². The second kappa shape index (κ2) is 5.74. The number of hydrogen-bond donors (Lipinski definition) is 1. The van der Waals surface area contributed by atoms with Crippen LogP contribution < -0.4 is 10.1 Å². The van der Waals surface area contributed by atoms with Crippen LogP contribution in [0.5, 0.6) is 10.8 Å². The summed E-state index contributed by atoms with van der Waals surface area (Å²) in [6.45, 7) is 3.32. The lowest BCUT2D eigenvalue weighted by Crippen LogP contribution is -2.42. The van der Waals surface area contributed by atoms with E-state index >= 15 is 0 Å². The second-order valence-corrected chi connectivity index (χ2v) is 6.97. The molecule has 2 saturated heterocycles. The maximum Gasteiger partial charge on any atom is 0.261 e. The maximum atomic E-state index is 12.4. The number of carbonyl (C=O) groups is 1. The molecule has 1 N–H and O–H groups in total. The second-order valence-electron chi connectivity index (χ2n) is 5.92. The highest BCUT2D eigenvalue weighted by Crippen LogP contribution is 2.31. The molecule has 2 unspecified atom stereocenters. The first kappa shape index (κ1) is 13.8. The first-order valence-electron chi connectivity index (χ1n) is 7.64. The third-order valence-corrected chi connectivity index (χ3v) is 5.38. The van der Waals surface area contributed by atoms with Crippen molar-refractivity contribution in [2.45, 2.75) is 12.5 Å². The van der Waals surface area contributed by atoms with Gasteiger partial charge in [0.25, 0.3) is 5.91 Å². The van der Waals surface area contributed by atoms with E-state index in [1.807, 2.05) is 42.5 Å². The summed E-state index contributed by atoms with van der Waals surface area (Å²) in [5.74, 6) is 1.44. The van der Waals surface area contributed by atoms with Gasteiger partial charge in [0.1, 0.15) is 5.75 Å². The van der Waals surface area contributed by atoms with Gasteiger partial charge in [0.2, 0.25) is 0 Å². The van der Waals surface area contributed by atoms with Crippen LogP contribution in [0.2, 0.25) is 0 Å². The number of benzene rings is 1. The Morgan fingerprint density at radius 3 is 2.77 bits per heavy atom. The van der Waals surface area contributed by atoms with E-state index in [1.54, 1.807) is 0 Å². The molecule has 0 radical (unpaired) electrons. The highest BCUT2D eigenvalue weighted by atomic mass is 32.1. The van der Waals surface area contributed by atoms with Crippen LogP contribution >= 0.6 is 11.3 Å². The molecule has 1 amide bonds. The molecule has 5 heteroatoms. The van der Waals surface area contributed by atoms with Gasteiger partial charge in [0.15, 0.2) is 5.06 Å². The summed E-state index contributed by atoms with van der Waals surface area (Å²) in [5, 5.41) is 3.92. The van der Waals surface area contributed by atoms with Crippen LogP contribution in [0.1, 0.15) is 16.1 Å². The van der Waals surface area contributed by atoms with Crippen molar-refractivity contribution in [1.82, 2.24) is 10.2 Å². The van der Waals surface area contributed by atoms with E-state index in [1.165, 1.54) is 24.3 Å². The number of ether oxygens (including phenoxy) is 1. The maximum absolute atomic E-state index is 12.4. The molecular weight excluding hydrogens is 296 g/mol. The van der Waals surface area contributed by atoms with Crippen molar-refractivity contribution in [3.8, 4) is 10.8 Å². The fourth-order valence-electron chi connectivity index (χ4n) is 3.29. The van der Waals surface area contributed by atoms with Crippen molar-refractivity contribution in [3.63, 3.8) is 0 Å². The molecule has 4 rings (SSSR count). The Kier molecular flexibility index (Phi) is 3.60. The molecule has 1 aromatic heterocycles. The standard InChI is InChI=1S/C17H18N2O2S/c20-17(18-14-11-19-9-8-12(14)10-19)15-6-7-16(22-15)21-13-4-2-1-3-5-13/h1-7,12,14H,8-11H2,(H,18,20)/t12-,14?/m0/s1. The van der Waals surface area contributed by atoms with Gasteiger partial charge in [-0.15, -0.1) is 0 Å². The van der Waals surface area contributed by atoms with Crippen molar-refractivity contribution in [1.29, 1.82) is 0 Å². The summed E-state index contributed by atoms with van der Waals surface area (Å²) in [4.78, 5) is 15.5. The van der Waals surface area contributed by atoms with Crippen LogP contribution in [-0.2, 0) is 0 Å². The molecule has 0 spiro atoms. The predicted octanol–water partition coefficient (Wildman–Crippen LogP) is 2.97. The molecule has 2 aliphatic rings. The van der Waals surface area contributed by atoms with Crippen LogP contribution in [0, 0.1) is 5.92 Å². The van der Waals surface area contributed by atoms with E-state index in [0.29, 0.717) is 16.8 Å². The van der Waals surface area contributed by atoms with E-state index in [-0.39, 0.29) is 5.91 Å². The number of para-hydroxylation sites is 1. The summed E-state index contributed by atoms with van der Waals surface area (Å²) in [7, 11) is 0. The van der Waals surface area contributed by atoms with Gasteiger partial charge in [0.05, 0.1) is 4.88 Å². The third-order valence-electron chi connectivity index (χ3n) is 4.42. The SMILES string of the molecule is O=C(NC1CN2CC[C@H]1C2)c1ccc(Oc2ccccc2)s1. The fourth-order valence-corrected chi connectivity index (χ4v) is 4.07. The van der Waals surface area contributed by atoms with E-state index < -0.39 is 0 Å². The molecule has 2 fully saturated rings. The minimum atomic E-state index is 0.0201. The molecule has 1 aromatic carbocycles. The Hall–Kier alpha value is -1.85. The van der Waals surface area contributed by atoms with Crippen LogP contribution in [0.3, 0.4) is 0 Å². The summed E-state index contributed by atoms with van der Waals surface area (Å²) in [6, 6.07) is 13.6. The number of rotatable bonds is 4. The molecule has 114 valence electrons. The van der Waals surface area contributed by atoms with Gasteiger partial charge in [-0.05, 0) is 43.1 Å². The van der Waals surface area contributed by atoms with Crippen LogP contribution in [0.15, 0.2) is 42.5 Å². The summed E-state index contributed by atoms with van der Waals surface area (Å²) < 4.78 is 5.76. The van der Waals surface area contributed by atoms with E-state index in [2.05, 4.69) is 10.2 Å². The summed E-state index contributed by atoms with van der Waals surface area (Å²) in [5.41, 5.74) is 0. The first-order chi connectivity index (χ1) is 10.8. The number of carbonyl (C=O) groups excluding carboxylic acids is 1. The van der Waals surface area contributed by atoms with Gasteiger partial charge in [-0.2, -0.15) is 0 Å². The highest BCUT2D eigenvalue weighted by Gasteiger charge is 2.38. The predicted molar refractivity (Wildman–Crippen MR) is 86.6 cm³/mol. The number of fused-ring (bicyclic) bond motifs is 2. The Morgan fingerprint density at radius 2 is 2.05 bits per heavy atom. The smallest absolute Gasteiger partial charge is 0.261 e. The Morgan fingerprint density at radius 1 is 1.18 bits per heavy atom. The number of nitrogens with one attached hydrogen (secondary N) is 1. The van der Waals surface area contributed by atoms with Crippen LogP contribution in [0.25, 0.3) is 0 Å². The number of hydrogen-bond acceptors (Lipinski definition) is 4. The van der Waals surface area contributed by atoms with Gasteiger partial charge >= 0.3 is 0 Å². The minimum Gasteiger partial charge on any atom is -0.447 e. The fraction of sp³-hybridized carbons (Fsp3) is 0.353. The van der Waals surface area contributed by atoms with Crippen LogP contribution in [0.4, 0.5) is 0 Å². The van der Waals surface area contributed by atoms with E-state index in [9.17, 15) is 4.79 Å². The molecule has 3 atom stereocenters. The molecule has 3 heterocycles. The number of nitrogens with zero attached hydrogens (tertiary/aromatic N) is 1. The molecule has 4 nitrogen and oxygen atoms in total. The summed E-state index contributed by atoms with van der Waals surface area (Å²) >= 11 is 1.39. The van der Waals surface area contributed by atoms with Gasteiger partial charge in [-0.1, -0.05) is 29.5 Å². The Bertz CT molecular complexity index is 670. The van der Waals surface area contributed by atoms with Gasteiger partial charge in [-0.3, -0.25) is 4.79 Å². The zero-order chi connectivity index (χ0) is 14.9. The van der Waals surface area contributed by atoms with Crippen molar-refractivity contribution in [3.05, 3.63) is 47.3 Å². The van der Waals surface area contributed by atoms with Crippen molar-refractivity contribution in [2.24, 2.45) is 5.92 Å². The lowest BCUT2D eigenvalue weighted by Gasteiger charge is -2.22. The van der Waals surface area contributed by atoms with Crippen molar-refractivity contribution < 1.29 is 9.53 Å². The molecular formula is C17H18N2O2S. The average molecular weight is 314 g/mol. The van der Waals surface area contributed by atoms with Gasteiger partial charge in [0, 0.05) is 19.1 Å². The van der Waals surface area contributed by atoms with Crippen LogP contribution in [-0.4, -0.2) is 36.5 Å². The van der Waals surface area contributed by atoms with Gasteiger partial charge in [-0.25, -0.2) is 0 Å². The zero-order valence-corrected chi connectivity index (χ0v) is 13.0. The first-order valence-corrected chi connectivity index (χ1v) is 8.45. The quantitative estimate of drug-likeness (QED) is 0.943. The Balaban J connectivity index is 1.39. The summed E-state index contributed by atoms with van der Waals surface area (Å²) in [6.07, 6.45) is 1.21. The minimum absolute atomic E-state index is 0.0201. The van der Waals surface area contributed by atoms with Crippen molar-refractivity contribution >= 4 is 17.2 Å². The molecule has 2 aromatic rings. The third kappa shape index (κ3) is 2.74. The number of amides is 1.